The van der Waals surface area contributed by atoms with E-state index in [1.807, 2.05) is 71.3 Å². The number of para-hydroxylation sites is 1. The molecule has 6 aromatic rings. The number of amides is 1. The summed E-state index contributed by atoms with van der Waals surface area (Å²) in [5.74, 6) is 1.18. The zero-order valence-corrected chi connectivity index (χ0v) is 20.2. The molecule has 6 rings (SSSR count). The van der Waals surface area contributed by atoms with E-state index in [0.29, 0.717) is 28.2 Å². The number of furan rings is 1. The molecule has 3 aromatic carbocycles. The zero-order valence-electron chi connectivity index (χ0n) is 19.4. The number of thioether (sulfide) groups is 1. The minimum absolute atomic E-state index is 0.0552. The Hall–Kier alpha value is -4.83. The Balaban J connectivity index is 1.27. The van der Waals surface area contributed by atoms with Crippen molar-refractivity contribution >= 4 is 34.3 Å². The van der Waals surface area contributed by atoms with Crippen LogP contribution in [0.25, 0.3) is 33.7 Å². The molecule has 10 heteroatoms. The lowest BCUT2D eigenvalue weighted by Gasteiger charge is -2.12. The van der Waals surface area contributed by atoms with Gasteiger partial charge in [0.1, 0.15) is 5.82 Å². The SMILES string of the molecule is O=C(CSc1nnc(-c2ccco2)n1-c1cccc2ccccc12)Nc1cc(=O)n(-c2ccccc2)[nH]1. The lowest BCUT2D eigenvalue weighted by atomic mass is 10.1. The molecule has 0 bridgehead atoms. The largest absolute Gasteiger partial charge is 0.461 e. The van der Waals surface area contributed by atoms with Crippen LogP contribution >= 0.6 is 11.8 Å². The van der Waals surface area contributed by atoms with E-state index >= 15 is 0 Å². The number of nitrogens with zero attached hydrogens (tertiary/aromatic N) is 4. The van der Waals surface area contributed by atoms with E-state index in [0.717, 1.165) is 16.5 Å². The molecule has 0 saturated heterocycles. The van der Waals surface area contributed by atoms with Gasteiger partial charge in [-0.05, 0) is 35.7 Å². The van der Waals surface area contributed by atoms with E-state index in [1.165, 1.54) is 22.5 Å². The second kappa shape index (κ2) is 9.67. The van der Waals surface area contributed by atoms with Gasteiger partial charge < -0.3 is 9.73 Å². The monoisotopic (exact) mass is 508 g/mol. The van der Waals surface area contributed by atoms with Crippen molar-refractivity contribution in [3.63, 3.8) is 0 Å². The van der Waals surface area contributed by atoms with Gasteiger partial charge >= 0.3 is 0 Å². The Bertz CT molecular complexity index is 1750. The molecule has 37 heavy (non-hydrogen) atoms. The maximum atomic E-state index is 12.8. The number of carbonyl (C=O) groups excluding carboxylic acids is 1. The Morgan fingerprint density at radius 1 is 0.946 bits per heavy atom. The molecule has 0 unspecified atom stereocenters. The van der Waals surface area contributed by atoms with Crippen molar-refractivity contribution in [2.45, 2.75) is 5.16 Å². The second-order valence-corrected chi connectivity index (χ2v) is 9.08. The lowest BCUT2D eigenvalue weighted by Crippen LogP contribution is -2.15. The van der Waals surface area contributed by atoms with Crippen LogP contribution in [0.4, 0.5) is 5.82 Å². The van der Waals surface area contributed by atoms with Crippen LogP contribution < -0.4 is 10.9 Å². The first-order valence-electron chi connectivity index (χ1n) is 11.4. The number of H-pyrrole nitrogens is 1. The summed E-state index contributed by atoms with van der Waals surface area (Å²) in [5, 5.41) is 17.0. The van der Waals surface area contributed by atoms with E-state index in [4.69, 9.17) is 4.42 Å². The molecule has 2 N–H and O–H groups in total. The van der Waals surface area contributed by atoms with Gasteiger partial charge in [0.05, 0.1) is 23.4 Å². The van der Waals surface area contributed by atoms with Gasteiger partial charge in [0.15, 0.2) is 10.9 Å². The molecule has 0 aliphatic heterocycles. The van der Waals surface area contributed by atoms with Crippen LogP contribution in [0.2, 0.25) is 0 Å². The van der Waals surface area contributed by atoms with Crippen molar-refractivity contribution in [2.75, 3.05) is 11.1 Å². The molecule has 3 aromatic heterocycles. The third-order valence-electron chi connectivity index (χ3n) is 5.72. The molecule has 0 saturated carbocycles. The number of hydrogen-bond acceptors (Lipinski definition) is 6. The number of hydrogen-bond donors (Lipinski definition) is 2. The molecule has 0 spiro atoms. The first-order valence-corrected chi connectivity index (χ1v) is 12.4. The number of aromatic nitrogens is 5. The highest BCUT2D eigenvalue weighted by Gasteiger charge is 2.20. The summed E-state index contributed by atoms with van der Waals surface area (Å²) < 4.78 is 8.88. The van der Waals surface area contributed by atoms with E-state index in [1.54, 1.807) is 24.5 Å². The Morgan fingerprint density at radius 2 is 1.76 bits per heavy atom. The molecular weight excluding hydrogens is 488 g/mol. The predicted molar refractivity (Wildman–Crippen MR) is 142 cm³/mol. The minimum Gasteiger partial charge on any atom is -0.461 e. The van der Waals surface area contributed by atoms with E-state index in [-0.39, 0.29) is 17.2 Å². The number of nitrogens with one attached hydrogen (secondary N) is 2. The fourth-order valence-electron chi connectivity index (χ4n) is 4.09. The summed E-state index contributed by atoms with van der Waals surface area (Å²) in [5.41, 5.74) is 1.28. The van der Waals surface area contributed by atoms with Gasteiger partial charge in [0.25, 0.3) is 5.56 Å². The van der Waals surface area contributed by atoms with Crippen molar-refractivity contribution in [3.05, 3.63) is 108 Å². The van der Waals surface area contributed by atoms with Crippen LogP contribution in [-0.2, 0) is 4.79 Å². The van der Waals surface area contributed by atoms with Gasteiger partial charge in [-0.25, -0.2) is 4.68 Å². The van der Waals surface area contributed by atoms with Crippen molar-refractivity contribution in [2.24, 2.45) is 0 Å². The summed E-state index contributed by atoms with van der Waals surface area (Å²) in [4.78, 5) is 25.2. The summed E-state index contributed by atoms with van der Waals surface area (Å²) in [6, 6.07) is 28.1. The van der Waals surface area contributed by atoms with Gasteiger partial charge in [-0.1, -0.05) is 66.4 Å². The van der Waals surface area contributed by atoms with Crippen LogP contribution in [0.5, 0.6) is 0 Å². The molecule has 0 radical (unpaired) electrons. The van der Waals surface area contributed by atoms with Crippen LogP contribution in [0.3, 0.4) is 0 Å². The molecule has 0 atom stereocenters. The van der Waals surface area contributed by atoms with Gasteiger partial charge in [-0.2, -0.15) is 0 Å². The van der Waals surface area contributed by atoms with Crippen LogP contribution in [-0.4, -0.2) is 36.2 Å². The molecule has 9 nitrogen and oxygen atoms in total. The summed E-state index contributed by atoms with van der Waals surface area (Å²) >= 11 is 1.24. The van der Waals surface area contributed by atoms with Crippen molar-refractivity contribution in [1.82, 2.24) is 24.5 Å². The van der Waals surface area contributed by atoms with Gasteiger partial charge in [-0.3, -0.25) is 19.3 Å². The highest BCUT2D eigenvalue weighted by Crippen LogP contribution is 2.32. The van der Waals surface area contributed by atoms with Crippen molar-refractivity contribution in [1.29, 1.82) is 0 Å². The molecule has 1 amide bonds. The predicted octanol–water partition coefficient (Wildman–Crippen LogP) is 4.89. The summed E-state index contributed by atoms with van der Waals surface area (Å²) in [6.07, 6.45) is 1.58. The number of rotatable bonds is 7. The smallest absolute Gasteiger partial charge is 0.273 e. The first kappa shape index (κ1) is 22.6. The first-order chi connectivity index (χ1) is 18.2. The molecule has 182 valence electrons. The molecular formula is C27H20N6O3S. The summed E-state index contributed by atoms with van der Waals surface area (Å²) in [6.45, 7) is 0. The molecule has 3 heterocycles. The standard InChI is InChI=1S/C27H20N6O3S/c34-24(28-23-16-25(35)33(31-23)19-10-2-1-3-11-19)17-37-27-30-29-26(22-14-7-15-36-22)32(27)21-13-6-9-18-8-4-5-12-20(18)21/h1-16,31H,17H2,(H,28,34). The topological polar surface area (TPSA) is 111 Å². The number of anilines is 1. The fourth-order valence-corrected chi connectivity index (χ4v) is 4.84. The van der Waals surface area contributed by atoms with Gasteiger partial charge in [0.2, 0.25) is 11.7 Å². The van der Waals surface area contributed by atoms with E-state index < -0.39 is 0 Å². The lowest BCUT2D eigenvalue weighted by molar-refractivity contribution is -0.113. The average Bonchev–Trinajstić information content (AvgIpc) is 3.68. The van der Waals surface area contributed by atoms with E-state index in [2.05, 4.69) is 20.6 Å². The molecule has 0 aliphatic rings. The van der Waals surface area contributed by atoms with Gasteiger partial charge in [0, 0.05) is 11.5 Å². The summed E-state index contributed by atoms with van der Waals surface area (Å²) in [7, 11) is 0. The number of carbonyl (C=O) groups is 1. The Labute approximate surface area is 214 Å². The Kier molecular flexibility index (Phi) is 5.91. The van der Waals surface area contributed by atoms with Crippen molar-refractivity contribution in [3.8, 4) is 23.0 Å². The van der Waals surface area contributed by atoms with Crippen molar-refractivity contribution < 1.29 is 9.21 Å². The highest BCUT2D eigenvalue weighted by atomic mass is 32.2. The van der Waals surface area contributed by atoms with Crippen LogP contribution in [0, 0.1) is 0 Å². The Morgan fingerprint density at radius 3 is 2.59 bits per heavy atom. The number of benzene rings is 3. The third kappa shape index (κ3) is 4.45. The van der Waals surface area contributed by atoms with Crippen LogP contribution in [0.1, 0.15) is 0 Å². The maximum Gasteiger partial charge on any atom is 0.273 e. The molecule has 0 fully saturated rings. The minimum atomic E-state index is -0.293. The average molecular weight is 509 g/mol. The fraction of sp³-hybridized carbons (Fsp3) is 0.0370. The zero-order chi connectivity index (χ0) is 25.2. The quantitative estimate of drug-likeness (QED) is 0.297. The van der Waals surface area contributed by atoms with E-state index in [9.17, 15) is 9.59 Å². The highest BCUT2D eigenvalue weighted by molar-refractivity contribution is 7.99. The number of aromatic amines is 1. The van der Waals surface area contributed by atoms with Gasteiger partial charge in [-0.15, -0.1) is 10.2 Å². The third-order valence-corrected chi connectivity index (χ3v) is 6.65. The normalized spacial score (nSPS) is 11.1. The molecule has 0 aliphatic carbocycles. The number of fused-ring (bicyclic) bond motifs is 1. The maximum absolute atomic E-state index is 12.8. The van der Waals surface area contributed by atoms with Crippen LogP contribution in [0.15, 0.2) is 112 Å². The second-order valence-electron chi connectivity index (χ2n) is 8.13.